The number of hydrogen-bond donors (Lipinski definition) is 2. The summed E-state index contributed by atoms with van der Waals surface area (Å²) in [5, 5.41) is 6.45. The summed E-state index contributed by atoms with van der Waals surface area (Å²) in [6.07, 6.45) is 12.0. The highest BCUT2D eigenvalue weighted by Crippen LogP contribution is 2.28. The molecular weight excluding hydrogens is 212 g/mol. The van der Waals surface area contributed by atoms with Crippen LogP contribution in [0.3, 0.4) is 0 Å². The number of likely N-dealkylation sites (N-methyl/N-ethyl adjacent to an activating group) is 2. The molecule has 2 aliphatic carbocycles. The van der Waals surface area contributed by atoms with Crippen molar-refractivity contribution in [3.05, 3.63) is 35.6 Å². The number of carbonyl (C=O) groups excluding carboxylic acids is 1. The number of Topliss-reactive ketones (excluding diaryl/α,β-unsaturated/α-hetero) is 1. The lowest BCUT2D eigenvalue weighted by Crippen LogP contribution is -2.40. The summed E-state index contributed by atoms with van der Waals surface area (Å²) >= 11 is 0. The molecule has 0 saturated heterocycles. The van der Waals surface area contributed by atoms with Gasteiger partial charge in [0.05, 0.1) is 5.54 Å². The van der Waals surface area contributed by atoms with E-state index in [0.29, 0.717) is 12.2 Å². The maximum atomic E-state index is 11.7. The summed E-state index contributed by atoms with van der Waals surface area (Å²) in [6.45, 7) is 0. The Morgan fingerprint density at radius 2 is 2.18 bits per heavy atom. The summed E-state index contributed by atoms with van der Waals surface area (Å²) < 4.78 is 0. The topological polar surface area (TPSA) is 41.1 Å². The van der Waals surface area contributed by atoms with E-state index in [1.54, 1.807) is 0 Å². The van der Waals surface area contributed by atoms with Crippen molar-refractivity contribution in [1.29, 1.82) is 0 Å². The molecule has 0 bridgehead atoms. The molecule has 0 aromatic rings. The fourth-order valence-corrected chi connectivity index (χ4v) is 2.41. The zero-order valence-electron chi connectivity index (χ0n) is 10.5. The molecule has 3 nitrogen and oxygen atoms in total. The first-order valence-corrected chi connectivity index (χ1v) is 6.20. The quantitative estimate of drug-likeness (QED) is 0.728. The summed E-state index contributed by atoms with van der Waals surface area (Å²) in [7, 11) is 3.86. The van der Waals surface area contributed by atoms with Gasteiger partial charge >= 0.3 is 0 Å². The van der Waals surface area contributed by atoms with Crippen LogP contribution in [0.5, 0.6) is 0 Å². The molecule has 2 N–H and O–H groups in total. The van der Waals surface area contributed by atoms with Crippen LogP contribution in [0.15, 0.2) is 35.6 Å². The second-order valence-electron chi connectivity index (χ2n) is 4.68. The van der Waals surface area contributed by atoms with Gasteiger partial charge < -0.3 is 10.6 Å². The van der Waals surface area contributed by atoms with Crippen molar-refractivity contribution >= 4 is 5.78 Å². The van der Waals surface area contributed by atoms with Crippen LogP contribution in [0.1, 0.15) is 25.7 Å². The van der Waals surface area contributed by atoms with E-state index < -0.39 is 0 Å². The zero-order chi connectivity index (χ0) is 12.3. The molecule has 0 aromatic carbocycles. The molecule has 3 heteroatoms. The molecule has 0 aromatic heterocycles. The number of allylic oxidation sites excluding steroid dienone is 2. The van der Waals surface area contributed by atoms with Crippen molar-refractivity contribution in [2.75, 3.05) is 14.1 Å². The van der Waals surface area contributed by atoms with Gasteiger partial charge in [-0.2, -0.15) is 0 Å². The Bertz CT molecular complexity index is 406. The van der Waals surface area contributed by atoms with Gasteiger partial charge in [0.15, 0.2) is 5.78 Å². The third-order valence-electron chi connectivity index (χ3n) is 3.61. The van der Waals surface area contributed by atoms with Gasteiger partial charge in [0.1, 0.15) is 0 Å². The smallest absolute Gasteiger partial charge is 0.158 e. The van der Waals surface area contributed by atoms with Crippen LogP contribution in [0.2, 0.25) is 0 Å². The molecule has 92 valence electrons. The van der Waals surface area contributed by atoms with Crippen molar-refractivity contribution in [3.63, 3.8) is 0 Å². The highest BCUT2D eigenvalue weighted by atomic mass is 16.1. The Kier molecular flexibility index (Phi) is 3.48. The third kappa shape index (κ3) is 2.50. The van der Waals surface area contributed by atoms with E-state index in [-0.39, 0.29) is 5.54 Å². The fourth-order valence-electron chi connectivity index (χ4n) is 2.41. The first-order valence-electron chi connectivity index (χ1n) is 6.20. The predicted molar refractivity (Wildman–Crippen MR) is 69.6 cm³/mol. The number of carbonyl (C=O) groups is 1. The minimum Gasteiger partial charge on any atom is -0.388 e. The fraction of sp³-hybridized carbons (Fsp3) is 0.500. The lowest BCUT2D eigenvalue weighted by Gasteiger charge is -2.29. The van der Waals surface area contributed by atoms with E-state index in [4.69, 9.17) is 0 Å². The van der Waals surface area contributed by atoms with Crippen molar-refractivity contribution in [2.45, 2.75) is 31.2 Å². The average molecular weight is 232 g/mol. The van der Waals surface area contributed by atoms with Gasteiger partial charge in [0.2, 0.25) is 0 Å². The van der Waals surface area contributed by atoms with Gasteiger partial charge in [-0.05, 0) is 38.0 Å². The number of ketones is 1. The second-order valence-corrected chi connectivity index (χ2v) is 4.68. The monoisotopic (exact) mass is 232 g/mol. The maximum Gasteiger partial charge on any atom is 0.158 e. The van der Waals surface area contributed by atoms with Crippen LogP contribution in [-0.4, -0.2) is 25.4 Å². The van der Waals surface area contributed by atoms with Crippen LogP contribution < -0.4 is 10.6 Å². The Hall–Kier alpha value is -1.35. The first kappa shape index (κ1) is 12.1. The lowest BCUT2D eigenvalue weighted by molar-refractivity contribution is -0.114. The van der Waals surface area contributed by atoms with Crippen molar-refractivity contribution in [1.82, 2.24) is 10.6 Å². The van der Waals surface area contributed by atoms with E-state index in [0.717, 1.165) is 30.5 Å². The van der Waals surface area contributed by atoms with Crippen LogP contribution in [0.4, 0.5) is 0 Å². The molecule has 1 saturated carbocycles. The molecular formula is C14H20N2O. The Morgan fingerprint density at radius 3 is 2.65 bits per heavy atom. The largest absolute Gasteiger partial charge is 0.388 e. The average Bonchev–Trinajstić information content (AvgIpc) is 2.76. The minimum atomic E-state index is -0.185. The first-order chi connectivity index (χ1) is 8.19. The molecule has 0 amide bonds. The normalized spacial score (nSPS) is 30.8. The molecule has 2 rings (SSSR count). The Morgan fingerprint density at radius 1 is 1.35 bits per heavy atom. The predicted octanol–water partition coefficient (Wildman–Crippen LogP) is 1.69. The van der Waals surface area contributed by atoms with E-state index in [2.05, 4.69) is 34.9 Å². The highest BCUT2D eigenvalue weighted by molar-refractivity contribution is 5.97. The Labute approximate surface area is 103 Å². The molecule has 1 atom stereocenters. The number of rotatable bonds is 3. The van der Waals surface area contributed by atoms with E-state index in [1.807, 2.05) is 14.1 Å². The van der Waals surface area contributed by atoms with Gasteiger partial charge in [-0.1, -0.05) is 18.2 Å². The van der Waals surface area contributed by atoms with Gasteiger partial charge in [0.25, 0.3) is 0 Å². The standard InChI is InChI=1S/C14H20N2O/c1-15-12-6-8-14(16-2,9-7-12)10-11-4-3-5-13(11)17/h6-8,10,15-16H,3-5,9H2,1-2H3. The third-order valence-corrected chi connectivity index (χ3v) is 3.61. The zero-order valence-corrected chi connectivity index (χ0v) is 10.5. The lowest BCUT2D eigenvalue weighted by atomic mass is 9.87. The number of nitrogens with one attached hydrogen (secondary N) is 2. The minimum absolute atomic E-state index is 0.185. The SMILES string of the molecule is CNC1=CCC(C=C2CCCC2=O)(NC)C=C1. The molecule has 2 aliphatic rings. The molecule has 1 unspecified atom stereocenters. The van der Waals surface area contributed by atoms with E-state index in [9.17, 15) is 4.79 Å². The van der Waals surface area contributed by atoms with E-state index in [1.165, 1.54) is 0 Å². The van der Waals surface area contributed by atoms with Crippen LogP contribution in [0, 0.1) is 0 Å². The maximum absolute atomic E-state index is 11.7. The van der Waals surface area contributed by atoms with Gasteiger partial charge in [-0.25, -0.2) is 0 Å². The Balaban J connectivity index is 2.20. The van der Waals surface area contributed by atoms with Crippen LogP contribution >= 0.6 is 0 Å². The molecule has 1 fully saturated rings. The highest BCUT2D eigenvalue weighted by Gasteiger charge is 2.27. The van der Waals surface area contributed by atoms with Crippen LogP contribution in [0.25, 0.3) is 0 Å². The summed E-state index contributed by atoms with van der Waals surface area (Å²) in [4.78, 5) is 11.7. The summed E-state index contributed by atoms with van der Waals surface area (Å²) in [6, 6.07) is 0. The van der Waals surface area contributed by atoms with Crippen molar-refractivity contribution < 1.29 is 4.79 Å². The van der Waals surface area contributed by atoms with Gasteiger partial charge in [-0.3, -0.25) is 4.79 Å². The van der Waals surface area contributed by atoms with Crippen LogP contribution in [-0.2, 0) is 4.79 Å². The molecule has 17 heavy (non-hydrogen) atoms. The van der Waals surface area contributed by atoms with Gasteiger partial charge in [0, 0.05) is 19.2 Å². The summed E-state index contributed by atoms with van der Waals surface area (Å²) in [5.74, 6) is 0.316. The number of hydrogen-bond acceptors (Lipinski definition) is 3. The molecule has 0 radical (unpaired) electrons. The van der Waals surface area contributed by atoms with Crippen molar-refractivity contribution in [3.8, 4) is 0 Å². The molecule has 0 aliphatic heterocycles. The second kappa shape index (κ2) is 4.88. The molecule has 0 spiro atoms. The van der Waals surface area contributed by atoms with Crippen molar-refractivity contribution in [2.24, 2.45) is 0 Å². The van der Waals surface area contributed by atoms with E-state index >= 15 is 0 Å². The molecule has 0 heterocycles. The summed E-state index contributed by atoms with van der Waals surface area (Å²) in [5.41, 5.74) is 1.94. The van der Waals surface area contributed by atoms with Gasteiger partial charge in [-0.15, -0.1) is 0 Å².